The zero-order valence-electron chi connectivity index (χ0n) is 96.8. The molecule has 4 aromatic heterocycles. The Labute approximate surface area is 884 Å². The summed E-state index contributed by atoms with van der Waals surface area (Å²) >= 11 is 0. The van der Waals surface area contributed by atoms with Gasteiger partial charge in [0, 0.05) is 159 Å². The molecule has 21 rings (SSSR count). The van der Waals surface area contributed by atoms with Gasteiger partial charge in [0.15, 0.2) is 0 Å². The Bertz CT molecular complexity index is 4190. The van der Waals surface area contributed by atoms with Crippen LogP contribution in [0.25, 0.3) is 0 Å². The first kappa shape index (κ1) is 114. The first-order valence-corrected chi connectivity index (χ1v) is 59.5. The van der Waals surface area contributed by atoms with E-state index in [1.807, 2.05) is 72.5 Å². The summed E-state index contributed by atoms with van der Waals surface area (Å²) < 4.78 is 32.1. The first-order chi connectivity index (χ1) is 68.5. The Morgan fingerprint density at radius 1 is 0.290 bits per heavy atom. The third kappa shape index (κ3) is 31.6. The molecule has 145 heavy (non-hydrogen) atoms. The van der Waals surface area contributed by atoms with E-state index >= 15 is 0 Å². The number of nitrogens with zero attached hydrogens (tertiary/aromatic N) is 18. The summed E-state index contributed by atoms with van der Waals surface area (Å²) in [6.45, 7) is 83.7. The monoisotopic (exact) mass is 2010 g/mol. The van der Waals surface area contributed by atoms with E-state index in [1.165, 1.54) is 380 Å². The van der Waals surface area contributed by atoms with Gasteiger partial charge in [-0.3, -0.25) is 54.2 Å². The maximum absolute atomic E-state index is 13.0. The molecule has 18 heterocycles. The van der Waals surface area contributed by atoms with E-state index in [0.717, 1.165) is 54.9 Å². The van der Waals surface area contributed by atoms with E-state index in [0.29, 0.717) is 77.9 Å². The number of anilines is 3. The van der Waals surface area contributed by atoms with Crippen molar-refractivity contribution < 1.29 is 13.5 Å². The SMILES string of the molecule is CC(C)(C)N1CCC2(CCC(N3CC(F)(F)C3)CC2)CC1.CC(C)(C)N1CCC2(CCC(N3CCC3)CC2)CC1.CC(C)(C)N1CCC2(CCC(Oc3ccncc3)CC2)CC1.CC(C)(C)N1CCC2(CCN(c3ccccn3)CC2)C1.CC(C)(C)N1CCC2(CCN(c3cccnc3)CC2)C1.CC(C)(C)N1CCC2(CCN(c3ccncc3)CC2)C1.CN1CCC(CN2CCC3(CC2)CCN(C(C)(C)C)CC3)CC1. The number of piperidine rings is 9. The fourth-order valence-electron chi connectivity index (χ4n) is 29.1. The number of ether oxygens (including phenoxy) is 1. The number of rotatable bonds is 9. The lowest BCUT2D eigenvalue weighted by molar-refractivity contribution is -0.154. The standard InChI is InChI=1S/C20H39N3.C19H30N2O.C17H30F2N2.3C17H27N3.C17H32N2/c1-19(2,3)23-15-9-20(10-16-23)7-13-22(14-8-20)17-18-5-11-21(4)12-6-18;1-18(2,3)21-14-10-19(11-15-21)8-4-16(5-9-19)22-17-6-12-20-13-7-17;1-15(2,3)21-10-8-16(9-11-21)6-4-14(5-7-16)20-12-17(18,19)13-20;1-16(2,3)20-13-8-17(14-20)6-11-19(12-7-17)15-4-9-18-10-5-15;1-16(2,3)20-12-8-17(14-20)6-10-19(11-7-17)15-5-4-9-18-13-15;1-16(2,3)20-13-9-17(14-20)7-11-19(12-8-17)15-6-4-5-10-18-15;1-16(2,3)19-13-9-17(10-14-19)7-5-15(6-8-17)18-11-4-12-18/h18H,5-17H2,1-4H3;6-7,12-13,16H,4-5,8-11,14-15H2,1-3H3;14H,4-13H2,1-3H3;4-5,9-10H,6-8,11-14H2,1-3H3;4-5,9,13H,6-8,10-12,14H2,1-3H3;4-6,10H,7-9,11-14H2,1-3H3;15H,4-14H2,1-3H3. The summed E-state index contributed by atoms with van der Waals surface area (Å²) in [4.78, 5) is 53.0. The van der Waals surface area contributed by atoms with Crippen LogP contribution in [0.3, 0.4) is 0 Å². The highest BCUT2D eigenvalue weighted by molar-refractivity contribution is 5.46. The fourth-order valence-corrected chi connectivity index (χ4v) is 29.1. The van der Waals surface area contributed by atoms with E-state index < -0.39 is 5.92 Å². The van der Waals surface area contributed by atoms with Gasteiger partial charge in [0.1, 0.15) is 11.6 Å². The lowest BCUT2D eigenvalue weighted by Crippen LogP contribution is -2.61. The second kappa shape index (κ2) is 48.1. The van der Waals surface area contributed by atoms with Gasteiger partial charge in [-0.15, -0.1) is 0 Å². The van der Waals surface area contributed by atoms with E-state index in [-0.39, 0.29) is 18.6 Å². The lowest BCUT2D eigenvalue weighted by atomic mass is 9.66. The molecule has 14 saturated heterocycles. The quantitative estimate of drug-likeness (QED) is 0.159. The number of hydrogen-bond donors (Lipinski definition) is 0. The van der Waals surface area contributed by atoms with Crippen molar-refractivity contribution in [3.8, 4) is 5.75 Å². The number of aromatic nitrogens is 4. The Morgan fingerprint density at radius 3 is 0.959 bits per heavy atom. The highest BCUT2D eigenvalue weighted by Gasteiger charge is 2.53. The van der Waals surface area contributed by atoms with Crippen molar-refractivity contribution in [1.29, 1.82) is 0 Å². The molecule has 4 aromatic rings. The van der Waals surface area contributed by atoms with Gasteiger partial charge in [0.25, 0.3) is 5.92 Å². The molecular formula is C124H212F2N18O. The molecule has 7 spiro atoms. The fraction of sp³-hybridized carbons (Fsp3) is 0.839. The van der Waals surface area contributed by atoms with Crippen LogP contribution in [0, 0.1) is 43.8 Å². The Hall–Kier alpha value is -4.78. The van der Waals surface area contributed by atoms with Crippen molar-refractivity contribution in [1.82, 2.24) is 73.8 Å². The third-order valence-corrected chi connectivity index (χ3v) is 40.8. The van der Waals surface area contributed by atoms with Crippen molar-refractivity contribution in [2.45, 2.75) is 427 Å². The smallest absolute Gasteiger partial charge is 0.272 e. The summed E-state index contributed by atoms with van der Waals surface area (Å²) in [6.07, 6.45) is 59.8. The summed E-state index contributed by atoms with van der Waals surface area (Å²) in [5.74, 6) is 0.669. The second-order valence-corrected chi connectivity index (χ2v) is 57.4. The molecule has 0 bridgehead atoms. The van der Waals surface area contributed by atoms with Crippen LogP contribution >= 0.6 is 0 Å². The molecule has 3 saturated carbocycles. The van der Waals surface area contributed by atoms with E-state index in [4.69, 9.17) is 4.74 Å². The van der Waals surface area contributed by atoms with Crippen LogP contribution in [0.2, 0.25) is 0 Å². The number of likely N-dealkylation sites (tertiary alicyclic amines) is 11. The van der Waals surface area contributed by atoms with Crippen LogP contribution in [0.15, 0.2) is 98.0 Å². The van der Waals surface area contributed by atoms with Gasteiger partial charge in [-0.25, -0.2) is 13.8 Å². The van der Waals surface area contributed by atoms with Gasteiger partial charge in [-0.2, -0.15) is 0 Å². The molecular weight excluding hydrogens is 1800 g/mol. The summed E-state index contributed by atoms with van der Waals surface area (Å²) in [7, 11) is 2.27. The van der Waals surface area contributed by atoms with Crippen LogP contribution in [0.1, 0.15) is 364 Å². The Balaban J connectivity index is 0.000000127. The van der Waals surface area contributed by atoms with Crippen molar-refractivity contribution in [2.24, 2.45) is 43.8 Å². The van der Waals surface area contributed by atoms with E-state index in [1.54, 1.807) is 0 Å². The number of pyridine rings is 4. The Morgan fingerprint density at radius 2 is 0.621 bits per heavy atom. The number of hydrogen-bond acceptors (Lipinski definition) is 19. The molecule has 0 amide bonds. The van der Waals surface area contributed by atoms with Gasteiger partial charge >= 0.3 is 0 Å². The van der Waals surface area contributed by atoms with Gasteiger partial charge in [-0.05, 0) is 574 Å². The minimum absolute atomic E-state index is 0.00245. The molecule has 0 N–H and O–H groups in total. The van der Waals surface area contributed by atoms with Gasteiger partial charge in [0.05, 0.1) is 31.1 Å². The predicted molar refractivity (Wildman–Crippen MR) is 604 cm³/mol. The van der Waals surface area contributed by atoms with Crippen molar-refractivity contribution in [3.05, 3.63) is 98.0 Å². The summed E-state index contributed by atoms with van der Waals surface area (Å²) in [6, 6.07) is 20.0. The second-order valence-electron chi connectivity index (χ2n) is 57.4. The minimum Gasteiger partial charge on any atom is -0.490 e. The van der Waals surface area contributed by atoms with Crippen LogP contribution in [0.4, 0.5) is 26.0 Å². The Kier molecular flexibility index (Phi) is 37.9. The molecule has 17 fully saturated rings. The molecule has 14 aliphatic heterocycles. The molecule has 0 unspecified atom stereocenters. The summed E-state index contributed by atoms with van der Waals surface area (Å²) in [5.41, 5.74) is 9.17. The zero-order valence-corrected chi connectivity index (χ0v) is 96.8. The molecule has 21 heteroatoms. The maximum atomic E-state index is 13.0. The normalized spacial score (nSPS) is 26.4. The third-order valence-electron chi connectivity index (χ3n) is 40.8. The van der Waals surface area contributed by atoms with Crippen LogP contribution in [-0.2, 0) is 0 Å². The predicted octanol–water partition coefficient (Wildman–Crippen LogP) is 24.4. The molecule has 818 valence electrons. The molecule has 17 aliphatic rings. The topological polar surface area (TPSA) is 106 Å². The van der Waals surface area contributed by atoms with Crippen LogP contribution in [0.5, 0.6) is 5.75 Å². The lowest BCUT2D eigenvalue weighted by Gasteiger charge is -2.52. The van der Waals surface area contributed by atoms with Gasteiger partial charge in [0.2, 0.25) is 0 Å². The zero-order chi connectivity index (χ0) is 104. The maximum Gasteiger partial charge on any atom is 0.272 e. The van der Waals surface area contributed by atoms with Crippen LogP contribution in [-0.4, -0.2) is 334 Å². The van der Waals surface area contributed by atoms with E-state index in [9.17, 15) is 8.78 Å². The summed E-state index contributed by atoms with van der Waals surface area (Å²) in [5, 5.41) is 0. The molecule has 3 aliphatic carbocycles. The highest BCUT2D eigenvalue weighted by atomic mass is 19.3. The van der Waals surface area contributed by atoms with Crippen LogP contribution < -0.4 is 19.4 Å². The average molecular weight is 2010 g/mol. The van der Waals surface area contributed by atoms with Gasteiger partial charge in [-0.1, -0.05) is 6.07 Å². The largest absolute Gasteiger partial charge is 0.490 e. The van der Waals surface area contributed by atoms with Crippen molar-refractivity contribution >= 4 is 17.2 Å². The molecule has 0 aromatic carbocycles. The van der Waals surface area contributed by atoms with Crippen molar-refractivity contribution in [2.75, 3.05) is 212 Å². The molecule has 0 atom stereocenters. The number of halogens is 2. The first-order valence-electron chi connectivity index (χ1n) is 59.5. The highest BCUT2D eigenvalue weighted by Crippen LogP contribution is 2.54. The number of alkyl halides is 2. The van der Waals surface area contributed by atoms with Crippen molar-refractivity contribution in [3.63, 3.8) is 0 Å². The van der Waals surface area contributed by atoms with E-state index in [2.05, 4.69) is 266 Å². The molecule has 0 radical (unpaired) electrons. The van der Waals surface area contributed by atoms with Gasteiger partial charge < -0.3 is 34.1 Å². The minimum atomic E-state index is -2.41. The molecule has 19 nitrogen and oxygen atoms in total. The average Bonchev–Trinajstić information content (AvgIpc) is 0.797.